The van der Waals surface area contributed by atoms with Crippen molar-refractivity contribution >= 4 is 17.6 Å². The third kappa shape index (κ3) is 7.05. The lowest BCUT2D eigenvalue weighted by atomic mass is 10.0. The smallest absolute Gasteiger partial charge is 0.237 e. The number of benzene rings is 2. The van der Waals surface area contributed by atoms with Crippen LogP contribution in [0.1, 0.15) is 36.8 Å². The molecule has 0 radical (unpaired) electrons. The number of nitrogens with one attached hydrogen (secondary N) is 4. The third-order valence-electron chi connectivity index (χ3n) is 6.02. The number of ether oxygens (including phenoxy) is 2. The number of amides is 1. The van der Waals surface area contributed by atoms with Gasteiger partial charge in [-0.25, -0.2) is 0 Å². The summed E-state index contributed by atoms with van der Waals surface area (Å²) in [6.45, 7) is 1.18. The van der Waals surface area contributed by atoms with Crippen molar-refractivity contribution in [3.63, 3.8) is 0 Å². The second kappa shape index (κ2) is 12.7. The van der Waals surface area contributed by atoms with Crippen LogP contribution in [0.3, 0.4) is 0 Å². The molecule has 182 valence electrons. The molecule has 1 atom stereocenters. The molecule has 34 heavy (non-hydrogen) atoms. The Balaban J connectivity index is 1.71. The number of nitrogens with zero attached hydrogens (tertiary/aromatic N) is 1. The zero-order valence-electron chi connectivity index (χ0n) is 20.0. The van der Waals surface area contributed by atoms with Gasteiger partial charge in [0.2, 0.25) is 5.91 Å². The topological polar surface area (TPSA) is 111 Å². The second-order valence-corrected chi connectivity index (χ2v) is 8.36. The Morgan fingerprint density at radius 3 is 2.56 bits per heavy atom. The first kappa shape index (κ1) is 25.2. The Bertz CT molecular complexity index is 974. The highest BCUT2D eigenvalue weighted by molar-refractivity contribution is 6.00. The number of hydrogen-bond donors (Lipinski definition) is 4. The quantitative estimate of drug-likeness (QED) is 0.318. The lowest BCUT2D eigenvalue weighted by Gasteiger charge is -2.28. The van der Waals surface area contributed by atoms with E-state index in [1.807, 2.05) is 42.5 Å². The molecular formula is C26H35N5O3. The minimum atomic E-state index is -0.214. The van der Waals surface area contributed by atoms with Gasteiger partial charge in [-0.15, -0.1) is 0 Å². The maximum Gasteiger partial charge on any atom is 0.237 e. The van der Waals surface area contributed by atoms with Crippen molar-refractivity contribution in [1.29, 1.82) is 10.8 Å². The zero-order chi connectivity index (χ0) is 24.3. The highest BCUT2D eigenvalue weighted by Crippen LogP contribution is 2.26. The summed E-state index contributed by atoms with van der Waals surface area (Å²) in [6, 6.07) is 15.3. The fourth-order valence-corrected chi connectivity index (χ4v) is 4.01. The largest absolute Gasteiger partial charge is 0.497 e. The fourth-order valence-electron chi connectivity index (χ4n) is 4.01. The molecule has 2 aromatic carbocycles. The van der Waals surface area contributed by atoms with Crippen LogP contribution >= 0.6 is 0 Å². The summed E-state index contributed by atoms with van der Waals surface area (Å²) in [5.74, 6) is 1.69. The van der Waals surface area contributed by atoms with Gasteiger partial charge in [0.05, 0.1) is 33.4 Å². The average molecular weight is 466 g/mol. The number of amidine groups is 2. The summed E-state index contributed by atoms with van der Waals surface area (Å²) in [7, 11) is 3.19. The van der Waals surface area contributed by atoms with Crippen LogP contribution in [0.25, 0.3) is 0 Å². The van der Waals surface area contributed by atoms with Crippen LogP contribution in [0.5, 0.6) is 11.5 Å². The SMILES string of the molecule is COc1ccc(CN(C(=N)CCc2ccccc2)C(=N)CNC(=O)C2CCCCN2)c(OC)c1. The van der Waals surface area contributed by atoms with Gasteiger partial charge in [-0.3, -0.25) is 15.6 Å². The Morgan fingerprint density at radius 1 is 1.09 bits per heavy atom. The molecule has 1 saturated heterocycles. The van der Waals surface area contributed by atoms with Crippen molar-refractivity contribution in [3.8, 4) is 11.5 Å². The van der Waals surface area contributed by atoms with Crippen molar-refractivity contribution in [2.75, 3.05) is 27.3 Å². The minimum Gasteiger partial charge on any atom is -0.497 e. The van der Waals surface area contributed by atoms with E-state index in [4.69, 9.17) is 20.3 Å². The summed E-state index contributed by atoms with van der Waals surface area (Å²) in [5.41, 5.74) is 1.97. The van der Waals surface area contributed by atoms with E-state index < -0.39 is 0 Å². The van der Waals surface area contributed by atoms with Gasteiger partial charge in [0.15, 0.2) is 0 Å². The first-order valence-electron chi connectivity index (χ1n) is 11.7. The van der Waals surface area contributed by atoms with Crippen LogP contribution in [-0.2, 0) is 17.8 Å². The number of carbonyl (C=O) groups is 1. The summed E-state index contributed by atoms with van der Waals surface area (Å²) < 4.78 is 10.8. The van der Waals surface area contributed by atoms with Gasteiger partial charge in [0.1, 0.15) is 23.2 Å². The first-order valence-corrected chi connectivity index (χ1v) is 11.7. The molecule has 8 nitrogen and oxygen atoms in total. The highest BCUT2D eigenvalue weighted by atomic mass is 16.5. The molecule has 1 aliphatic heterocycles. The molecule has 1 amide bonds. The van der Waals surface area contributed by atoms with E-state index in [2.05, 4.69) is 10.6 Å². The van der Waals surface area contributed by atoms with Gasteiger partial charge >= 0.3 is 0 Å². The molecule has 0 aromatic heterocycles. The third-order valence-corrected chi connectivity index (χ3v) is 6.02. The van der Waals surface area contributed by atoms with Gasteiger partial charge in [-0.1, -0.05) is 36.8 Å². The van der Waals surface area contributed by atoms with E-state index in [-0.39, 0.29) is 30.9 Å². The van der Waals surface area contributed by atoms with Crippen molar-refractivity contribution < 1.29 is 14.3 Å². The molecule has 1 heterocycles. The van der Waals surface area contributed by atoms with Crippen LogP contribution < -0.4 is 20.1 Å². The molecule has 0 spiro atoms. The Hall–Kier alpha value is -3.39. The predicted molar refractivity (Wildman–Crippen MR) is 134 cm³/mol. The first-order chi connectivity index (χ1) is 16.5. The van der Waals surface area contributed by atoms with Crippen molar-refractivity contribution in [3.05, 3.63) is 59.7 Å². The molecule has 8 heteroatoms. The van der Waals surface area contributed by atoms with E-state index in [0.717, 1.165) is 36.9 Å². The Morgan fingerprint density at radius 2 is 1.88 bits per heavy atom. The van der Waals surface area contributed by atoms with Crippen molar-refractivity contribution in [1.82, 2.24) is 15.5 Å². The molecule has 0 aliphatic carbocycles. The predicted octanol–water partition coefficient (Wildman–Crippen LogP) is 3.35. The molecule has 3 rings (SSSR count). The molecule has 4 N–H and O–H groups in total. The monoisotopic (exact) mass is 465 g/mol. The number of carbonyl (C=O) groups excluding carboxylic acids is 1. The van der Waals surface area contributed by atoms with E-state index in [0.29, 0.717) is 30.2 Å². The van der Waals surface area contributed by atoms with Crippen molar-refractivity contribution in [2.45, 2.75) is 44.7 Å². The van der Waals surface area contributed by atoms with E-state index in [1.54, 1.807) is 25.2 Å². The van der Waals surface area contributed by atoms with Crippen LogP contribution in [0.2, 0.25) is 0 Å². The molecule has 1 unspecified atom stereocenters. The molecule has 1 aliphatic rings. The molecule has 2 aromatic rings. The Labute approximate surface area is 201 Å². The average Bonchev–Trinajstić information content (AvgIpc) is 2.89. The summed E-state index contributed by atoms with van der Waals surface area (Å²) in [5, 5.41) is 23.6. The van der Waals surface area contributed by atoms with E-state index >= 15 is 0 Å². The molecule has 0 saturated carbocycles. The lowest BCUT2D eigenvalue weighted by Crippen LogP contribution is -2.50. The number of piperidine rings is 1. The standard InChI is InChI=1S/C26H35N5O3/c1-33-21-13-12-20(23(16-21)34-2)18-31(24(27)14-11-19-8-4-3-5-9-19)25(28)17-30-26(32)22-10-6-7-15-29-22/h3-5,8-9,12-13,16,22,27-29H,6-7,10-11,14-15,17-18H2,1-2H3,(H,30,32). The van der Waals surface area contributed by atoms with Gasteiger partial charge in [0.25, 0.3) is 0 Å². The van der Waals surface area contributed by atoms with Crippen LogP contribution in [0.15, 0.2) is 48.5 Å². The van der Waals surface area contributed by atoms with E-state index in [1.165, 1.54) is 0 Å². The number of hydrogen-bond acceptors (Lipinski definition) is 6. The highest BCUT2D eigenvalue weighted by Gasteiger charge is 2.23. The zero-order valence-corrected chi connectivity index (χ0v) is 20.0. The second-order valence-electron chi connectivity index (χ2n) is 8.36. The summed E-state index contributed by atoms with van der Waals surface area (Å²) >= 11 is 0. The maximum absolute atomic E-state index is 12.6. The van der Waals surface area contributed by atoms with Gasteiger partial charge < -0.3 is 25.0 Å². The number of aryl methyl sites for hydroxylation is 1. The van der Waals surface area contributed by atoms with Gasteiger partial charge in [-0.2, -0.15) is 0 Å². The normalized spacial score (nSPS) is 15.3. The van der Waals surface area contributed by atoms with Crippen LogP contribution in [-0.4, -0.2) is 55.8 Å². The summed E-state index contributed by atoms with van der Waals surface area (Å²) in [6.07, 6.45) is 4.08. The molecule has 0 bridgehead atoms. The molecular weight excluding hydrogens is 430 g/mol. The number of rotatable bonds is 10. The number of methoxy groups -OCH3 is 2. The summed E-state index contributed by atoms with van der Waals surface area (Å²) in [4.78, 5) is 14.2. The Kier molecular flexibility index (Phi) is 9.46. The van der Waals surface area contributed by atoms with Crippen LogP contribution in [0, 0.1) is 10.8 Å². The maximum atomic E-state index is 12.6. The van der Waals surface area contributed by atoms with Crippen molar-refractivity contribution in [2.24, 2.45) is 0 Å². The van der Waals surface area contributed by atoms with E-state index in [9.17, 15) is 4.79 Å². The van der Waals surface area contributed by atoms with Gasteiger partial charge in [0, 0.05) is 18.1 Å². The molecule has 1 fully saturated rings. The van der Waals surface area contributed by atoms with Gasteiger partial charge in [-0.05, 0) is 43.5 Å². The fraction of sp³-hybridized carbons (Fsp3) is 0.423. The van der Waals surface area contributed by atoms with Crippen LogP contribution in [0.4, 0.5) is 0 Å². The minimum absolute atomic E-state index is 0.0587. The lowest BCUT2D eigenvalue weighted by molar-refractivity contribution is -0.123.